The molecule has 4 aromatic rings. The number of hydrogen-bond acceptors (Lipinski definition) is 4. The zero-order valence-electron chi connectivity index (χ0n) is 17.2. The molecule has 32 heavy (non-hydrogen) atoms. The Labute approximate surface area is 192 Å². The molecule has 0 fully saturated rings. The van der Waals surface area contributed by atoms with Crippen LogP contribution in [0.2, 0.25) is 5.02 Å². The summed E-state index contributed by atoms with van der Waals surface area (Å²) in [6.07, 6.45) is 0. The Balaban J connectivity index is 1.56. The van der Waals surface area contributed by atoms with E-state index in [1.54, 1.807) is 19.2 Å². The summed E-state index contributed by atoms with van der Waals surface area (Å²) in [4.78, 5) is 0.174. The number of sulfonamides is 1. The summed E-state index contributed by atoms with van der Waals surface area (Å²) in [6, 6.07) is 25.1. The van der Waals surface area contributed by atoms with Gasteiger partial charge in [0.1, 0.15) is 5.75 Å². The maximum Gasteiger partial charge on any atom is 0.241 e. The molecule has 5 nitrogen and oxygen atoms in total. The molecule has 2 atom stereocenters. The highest BCUT2D eigenvalue weighted by molar-refractivity contribution is 7.89. The molecule has 0 unspecified atom stereocenters. The summed E-state index contributed by atoms with van der Waals surface area (Å²) < 4.78 is 34.7. The lowest BCUT2D eigenvalue weighted by atomic mass is 10.0. The summed E-state index contributed by atoms with van der Waals surface area (Å²) in [5.74, 6) is 0.757. The van der Waals surface area contributed by atoms with Crippen LogP contribution in [0.15, 0.2) is 89.8 Å². The van der Waals surface area contributed by atoms with E-state index in [1.165, 1.54) is 12.1 Å². The van der Waals surface area contributed by atoms with Crippen LogP contribution in [-0.2, 0) is 10.0 Å². The second-order valence-electron chi connectivity index (χ2n) is 7.70. The van der Waals surface area contributed by atoms with Crippen molar-refractivity contribution in [3.05, 3.63) is 101 Å². The Morgan fingerprint density at radius 2 is 1.44 bits per heavy atom. The molecule has 162 valence electrons. The molecule has 0 saturated heterocycles. The van der Waals surface area contributed by atoms with Crippen molar-refractivity contribution in [3.8, 4) is 5.75 Å². The predicted molar refractivity (Wildman–Crippen MR) is 128 cm³/mol. The maximum atomic E-state index is 13.3. The van der Waals surface area contributed by atoms with Gasteiger partial charge in [-0.25, -0.2) is 13.1 Å². The third kappa shape index (κ3) is 3.71. The third-order valence-corrected chi connectivity index (χ3v) is 7.50. The first kappa shape index (κ1) is 20.8. The van der Waals surface area contributed by atoms with E-state index >= 15 is 0 Å². The number of halogens is 1. The number of benzene rings is 4. The van der Waals surface area contributed by atoms with Gasteiger partial charge in [-0.1, -0.05) is 48.0 Å². The summed E-state index contributed by atoms with van der Waals surface area (Å²) in [5, 5.41) is 6.17. The molecule has 0 heterocycles. The van der Waals surface area contributed by atoms with Crippen LogP contribution in [0.5, 0.6) is 5.75 Å². The predicted octanol–water partition coefficient (Wildman–Crippen LogP) is 5.69. The number of nitrogens with one attached hydrogen (secondary N) is 2. The van der Waals surface area contributed by atoms with Crippen molar-refractivity contribution >= 4 is 38.1 Å². The SMILES string of the molecule is COc1ccc(N[C@@H]2c3cccc4cccc(c34)[C@H]2NS(=O)(=O)c2ccc(Cl)cc2)cc1. The summed E-state index contributed by atoms with van der Waals surface area (Å²) in [6.45, 7) is 0. The molecule has 5 rings (SSSR count). The van der Waals surface area contributed by atoms with Gasteiger partial charge in [-0.15, -0.1) is 0 Å². The number of methoxy groups -OCH3 is 1. The molecule has 4 aromatic carbocycles. The van der Waals surface area contributed by atoms with Crippen LogP contribution in [0, 0.1) is 0 Å². The van der Waals surface area contributed by atoms with Crippen molar-refractivity contribution < 1.29 is 13.2 Å². The third-order valence-electron chi connectivity index (χ3n) is 5.79. The Kier molecular flexibility index (Phi) is 5.29. The second-order valence-corrected chi connectivity index (χ2v) is 9.85. The van der Waals surface area contributed by atoms with Gasteiger partial charge in [0.05, 0.1) is 24.1 Å². The Morgan fingerprint density at radius 1 is 0.812 bits per heavy atom. The minimum atomic E-state index is -3.78. The highest BCUT2D eigenvalue weighted by Gasteiger charge is 2.37. The first-order valence-electron chi connectivity index (χ1n) is 10.2. The van der Waals surface area contributed by atoms with Gasteiger partial charge in [-0.2, -0.15) is 0 Å². The minimum absolute atomic E-state index is 0.174. The number of ether oxygens (including phenoxy) is 1. The van der Waals surface area contributed by atoms with E-state index in [4.69, 9.17) is 16.3 Å². The van der Waals surface area contributed by atoms with Gasteiger partial charge in [0.2, 0.25) is 10.0 Å². The average Bonchev–Trinajstić information content (AvgIpc) is 3.09. The largest absolute Gasteiger partial charge is 0.497 e. The molecule has 2 N–H and O–H groups in total. The van der Waals surface area contributed by atoms with E-state index in [2.05, 4.69) is 10.0 Å². The van der Waals surface area contributed by atoms with E-state index in [-0.39, 0.29) is 10.9 Å². The summed E-state index contributed by atoms with van der Waals surface area (Å²) >= 11 is 5.95. The molecule has 1 aliphatic rings. The van der Waals surface area contributed by atoms with E-state index in [0.717, 1.165) is 33.3 Å². The van der Waals surface area contributed by atoms with E-state index in [9.17, 15) is 8.42 Å². The van der Waals surface area contributed by atoms with Crippen LogP contribution in [-0.4, -0.2) is 15.5 Å². The van der Waals surface area contributed by atoms with Gasteiger partial charge in [0, 0.05) is 10.7 Å². The molecule has 0 aromatic heterocycles. The van der Waals surface area contributed by atoms with Crippen molar-refractivity contribution in [1.29, 1.82) is 0 Å². The van der Waals surface area contributed by atoms with Gasteiger partial charge in [-0.3, -0.25) is 0 Å². The molecule has 0 amide bonds. The fourth-order valence-electron chi connectivity index (χ4n) is 4.29. The standard InChI is InChI=1S/C25H21ClN2O3S/c1-31-19-12-10-18(11-13-19)27-24-21-6-2-4-16-5-3-7-22(23(16)21)25(24)28-32(29,30)20-14-8-17(26)9-15-20/h2-15,24-25,27-28H,1H3/t24-,25-/m1/s1. The Morgan fingerprint density at radius 3 is 2.06 bits per heavy atom. The van der Waals surface area contributed by atoms with E-state index in [1.807, 2.05) is 60.7 Å². The van der Waals surface area contributed by atoms with Gasteiger partial charge in [-0.05, 0) is 70.4 Å². The van der Waals surface area contributed by atoms with Crippen LogP contribution in [0.25, 0.3) is 10.8 Å². The van der Waals surface area contributed by atoms with Gasteiger partial charge >= 0.3 is 0 Å². The first-order valence-corrected chi connectivity index (χ1v) is 12.0. The quantitative estimate of drug-likeness (QED) is 0.384. The lowest BCUT2D eigenvalue weighted by Gasteiger charge is -2.25. The van der Waals surface area contributed by atoms with Crippen LogP contribution >= 0.6 is 11.6 Å². The highest BCUT2D eigenvalue weighted by atomic mass is 35.5. The van der Waals surface area contributed by atoms with Crippen molar-refractivity contribution in [2.45, 2.75) is 17.0 Å². The molecule has 0 aliphatic heterocycles. The molecular formula is C25H21ClN2O3S. The monoisotopic (exact) mass is 464 g/mol. The maximum absolute atomic E-state index is 13.3. The van der Waals surface area contributed by atoms with E-state index < -0.39 is 16.1 Å². The number of anilines is 1. The van der Waals surface area contributed by atoms with Crippen LogP contribution in [0.3, 0.4) is 0 Å². The van der Waals surface area contributed by atoms with Crippen LogP contribution < -0.4 is 14.8 Å². The molecule has 0 saturated carbocycles. The van der Waals surface area contributed by atoms with Gasteiger partial charge < -0.3 is 10.1 Å². The number of rotatable bonds is 6. The fourth-order valence-corrected chi connectivity index (χ4v) is 5.64. The zero-order chi connectivity index (χ0) is 22.3. The zero-order valence-corrected chi connectivity index (χ0v) is 18.8. The van der Waals surface area contributed by atoms with Crippen LogP contribution in [0.4, 0.5) is 5.69 Å². The Hall–Kier alpha value is -3.06. The first-order chi connectivity index (χ1) is 15.5. The van der Waals surface area contributed by atoms with Gasteiger partial charge in [0.25, 0.3) is 0 Å². The minimum Gasteiger partial charge on any atom is -0.497 e. The molecular weight excluding hydrogens is 444 g/mol. The lowest BCUT2D eigenvalue weighted by Crippen LogP contribution is -2.33. The van der Waals surface area contributed by atoms with Crippen molar-refractivity contribution in [2.24, 2.45) is 0 Å². The lowest BCUT2D eigenvalue weighted by molar-refractivity contribution is 0.415. The molecule has 0 bridgehead atoms. The van der Waals surface area contributed by atoms with Crippen molar-refractivity contribution in [1.82, 2.24) is 4.72 Å². The molecule has 0 radical (unpaired) electrons. The molecule has 0 spiro atoms. The topological polar surface area (TPSA) is 67.4 Å². The van der Waals surface area contributed by atoms with Crippen molar-refractivity contribution in [2.75, 3.05) is 12.4 Å². The van der Waals surface area contributed by atoms with Gasteiger partial charge in [0.15, 0.2) is 0 Å². The normalized spacial score (nSPS) is 17.4. The highest BCUT2D eigenvalue weighted by Crippen LogP contribution is 2.46. The fraction of sp³-hybridized carbons (Fsp3) is 0.120. The smallest absolute Gasteiger partial charge is 0.241 e. The summed E-state index contributed by atoms with van der Waals surface area (Å²) in [7, 11) is -2.16. The summed E-state index contributed by atoms with van der Waals surface area (Å²) in [5.41, 5.74) is 2.87. The average molecular weight is 465 g/mol. The second kappa shape index (κ2) is 8.13. The van der Waals surface area contributed by atoms with E-state index in [0.29, 0.717) is 5.02 Å². The Bertz CT molecular complexity index is 1380. The van der Waals surface area contributed by atoms with Crippen LogP contribution in [0.1, 0.15) is 23.2 Å². The van der Waals surface area contributed by atoms with Crippen molar-refractivity contribution in [3.63, 3.8) is 0 Å². The number of hydrogen-bond donors (Lipinski definition) is 2. The molecule has 7 heteroatoms. The molecule has 1 aliphatic carbocycles.